The summed E-state index contributed by atoms with van der Waals surface area (Å²) in [6.45, 7) is 3.81. The van der Waals surface area contributed by atoms with Crippen molar-refractivity contribution < 1.29 is 5.11 Å². The van der Waals surface area contributed by atoms with Crippen LogP contribution in [0.3, 0.4) is 0 Å². The molecule has 2 nitrogen and oxygen atoms in total. The van der Waals surface area contributed by atoms with Crippen molar-refractivity contribution in [2.24, 2.45) is 0 Å². The van der Waals surface area contributed by atoms with Gasteiger partial charge in [0.2, 0.25) is 0 Å². The van der Waals surface area contributed by atoms with Crippen LogP contribution in [0.15, 0.2) is 24.3 Å². The lowest BCUT2D eigenvalue weighted by molar-refractivity contribution is 0.499. The van der Waals surface area contributed by atoms with Crippen molar-refractivity contribution in [2.75, 3.05) is 0 Å². The number of para-hydroxylation sites is 1. The maximum Gasteiger partial charge on any atom is 0.0991 e. The highest BCUT2D eigenvalue weighted by Gasteiger charge is 2.00. The molecule has 0 unspecified atom stereocenters. The fourth-order valence-corrected chi connectivity index (χ4v) is 1.91. The minimum atomic E-state index is 0.368. The molecule has 1 aromatic carbocycles. The van der Waals surface area contributed by atoms with E-state index in [0.29, 0.717) is 5.76 Å². The van der Waals surface area contributed by atoms with Crippen molar-refractivity contribution >= 4 is 22.7 Å². The monoisotopic (exact) mass is 201 g/mol. The molecular weight excluding hydrogens is 186 g/mol. The summed E-state index contributed by atoms with van der Waals surface area (Å²) in [6, 6.07) is 8.02. The summed E-state index contributed by atoms with van der Waals surface area (Å²) in [7, 11) is 0. The average Bonchev–Trinajstić information content (AvgIpc) is 2.56. The summed E-state index contributed by atoms with van der Waals surface area (Å²) in [5.74, 6) is 0.368. The highest BCUT2D eigenvalue weighted by Crippen LogP contribution is 2.04. The normalized spacial score (nSPS) is 14.7. The molecule has 0 saturated heterocycles. The Kier molecular flexibility index (Phi) is 2.50. The fourth-order valence-electron chi connectivity index (χ4n) is 1.91. The quantitative estimate of drug-likeness (QED) is 0.727. The molecule has 0 amide bonds. The molecule has 0 aliphatic carbocycles. The third kappa shape index (κ3) is 1.63. The Morgan fingerprint density at radius 2 is 2.13 bits per heavy atom. The summed E-state index contributed by atoms with van der Waals surface area (Å²) in [6.07, 6.45) is 3.04. The van der Waals surface area contributed by atoms with E-state index in [1.54, 1.807) is 6.92 Å². The Hall–Kier alpha value is -1.70. The van der Waals surface area contributed by atoms with E-state index in [9.17, 15) is 5.11 Å². The highest BCUT2D eigenvalue weighted by atomic mass is 16.3. The molecule has 2 N–H and O–H groups in total. The number of H-pyrrole nitrogens is 1. The maximum atomic E-state index is 9.69. The van der Waals surface area contributed by atoms with Gasteiger partial charge in [0.15, 0.2) is 0 Å². The van der Waals surface area contributed by atoms with E-state index in [0.717, 1.165) is 27.9 Å². The summed E-state index contributed by atoms with van der Waals surface area (Å²) in [4.78, 5) is 3.31. The summed E-state index contributed by atoms with van der Waals surface area (Å²) in [5, 5.41) is 12.7. The zero-order valence-corrected chi connectivity index (χ0v) is 9.04. The first-order valence-corrected chi connectivity index (χ1v) is 5.20. The lowest BCUT2D eigenvalue weighted by atomic mass is 10.2. The van der Waals surface area contributed by atoms with Crippen molar-refractivity contribution in [3.8, 4) is 0 Å². The van der Waals surface area contributed by atoms with Gasteiger partial charge in [0.1, 0.15) is 0 Å². The molecule has 78 valence electrons. The van der Waals surface area contributed by atoms with Crippen LogP contribution in [0.1, 0.15) is 20.3 Å². The van der Waals surface area contributed by atoms with E-state index < -0.39 is 0 Å². The molecule has 0 saturated carbocycles. The van der Waals surface area contributed by atoms with Crippen LogP contribution in [0.5, 0.6) is 0 Å². The fraction of sp³-hybridized carbons (Fsp3) is 0.231. The standard InChI is InChI=1S/C13H15NO/c1-3-6-12-13(9(2)15)10-7-4-5-8-11(10)14-12/h4-8,14-15H,3H2,1-2H3/b12-6+,13-9+. The van der Waals surface area contributed by atoms with Crippen LogP contribution in [0.25, 0.3) is 22.7 Å². The molecule has 1 aromatic heterocycles. The molecule has 0 bridgehead atoms. The van der Waals surface area contributed by atoms with Gasteiger partial charge in [0, 0.05) is 21.5 Å². The molecular formula is C13H15NO. The number of fused-ring (bicyclic) bond motifs is 1. The lowest BCUT2D eigenvalue weighted by Gasteiger charge is -1.88. The first kappa shape index (κ1) is 9.84. The molecule has 2 aromatic rings. The first-order valence-electron chi connectivity index (χ1n) is 5.20. The summed E-state index contributed by atoms with van der Waals surface area (Å²) in [5.41, 5.74) is 1.07. The van der Waals surface area contributed by atoms with E-state index >= 15 is 0 Å². The van der Waals surface area contributed by atoms with E-state index in [-0.39, 0.29) is 0 Å². The summed E-state index contributed by atoms with van der Waals surface area (Å²) < 4.78 is 0. The number of hydrogen-bond acceptors (Lipinski definition) is 1. The SMILES string of the molecule is CC/C=c1/[nH]c2ccccc2/c1=C(/C)O. The van der Waals surface area contributed by atoms with E-state index in [1.165, 1.54) is 0 Å². The van der Waals surface area contributed by atoms with Crippen LogP contribution >= 0.6 is 0 Å². The van der Waals surface area contributed by atoms with Crippen LogP contribution in [0, 0.1) is 0 Å². The van der Waals surface area contributed by atoms with Crippen molar-refractivity contribution in [3.05, 3.63) is 34.8 Å². The van der Waals surface area contributed by atoms with Gasteiger partial charge in [0.25, 0.3) is 0 Å². The maximum absolute atomic E-state index is 9.69. The van der Waals surface area contributed by atoms with Gasteiger partial charge in [-0.3, -0.25) is 0 Å². The zero-order valence-electron chi connectivity index (χ0n) is 9.04. The van der Waals surface area contributed by atoms with E-state index in [1.807, 2.05) is 24.3 Å². The molecule has 2 heteroatoms. The minimum absolute atomic E-state index is 0.368. The zero-order chi connectivity index (χ0) is 10.8. The number of aliphatic hydroxyl groups is 1. The highest BCUT2D eigenvalue weighted by molar-refractivity contribution is 5.81. The van der Waals surface area contributed by atoms with Crippen molar-refractivity contribution in [3.63, 3.8) is 0 Å². The van der Waals surface area contributed by atoms with Crippen LogP contribution < -0.4 is 10.6 Å². The Bertz CT molecular complexity index is 589. The number of hydrogen-bond donors (Lipinski definition) is 2. The van der Waals surface area contributed by atoms with E-state index in [4.69, 9.17) is 0 Å². The molecule has 0 atom stereocenters. The van der Waals surface area contributed by atoms with Gasteiger partial charge in [0.05, 0.1) is 5.76 Å². The summed E-state index contributed by atoms with van der Waals surface area (Å²) >= 11 is 0. The molecule has 0 fully saturated rings. The Labute approximate surface area is 88.6 Å². The number of rotatable bonds is 1. The van der Waals surface area contributed by atoms with Crippen LogP contribution in [0.2, 0.25) is 0 Å². The number of benzene rings is 1. The van der Waals surface area contributed by atoms with Gasteiger partial charge in [-0.25, -0.2) is 0 Å². The predicted octanol–water partition coefficient (Wildman–Crippen LogP) is 2.04. The molecule has 15 heavy (non-hydrogen) atoms. The molecule has 0 radical (unpaired) electrons. The van der Waals surface area contributed by atoms with Crippen LogP contribution in [-0.4, -0.2) is 10.1 Å². The minimum Gasteiger partial charge on any atom is -0.512 e. The van der Waals surface area contributed by atoms with Gasteiger partial charge >= 0.3 is 0 Å². The molecule has 2 rings (SSSR count). The van der Waals surface area contributed by atoms with Crippen molar-refractivity contribution in [1.82, 2.24) is 4.98 Å². The number of aromatic nitrogens is 1. The molecule has 0 aliphatic heterocycles. The average molecular weight is 201 g/mol. The molecule has 1 heterocycles. The van der Waals surface area contributed by atoms with E-state index in [2.05, 4.69) is 18.0 Å². The third-order valence-corrected chi connectivity index (χ3v) is 2.51. The number of nitrogens with one attached hydrogen (secondary N) is 1. The molecule has 0 spiro atoms. The van der Waals surface area contributed by atoms with Crippen molar-refractivity contribution in [2.45, 2.75) is 20.3 Å². The number of aromatic amines is 1. The molecule has 0 aliphatic rings. The Morgan fingerprint density at radius 3 is 2.80 bits per heavy atom. The van der Waals surface area contributed by atoms with Gasteiger partial charge in [-0.1, -0.05) is 31.2 Å². The second-order valence-corrected chi connectivity index (χ2v) is 3.66. The Morgan fingerprint density at radius 1 is 1.40 bits per heavy atom. The van der Waals surface area contributed by atoms with Gasteiger partial charge < -0.3 is 10.1 Å². The second kappa shape index (κ2) is 3.81. The topological polar surface area (TPSA) is 36.0 Å². The lowest BCUT2D eigenvalue weighted by Crippen LogP contribution is -2.24. The van der Waals surface area contributed by atoms with Crippen LogP contribution in [0.4, 0.5) is 0 Å². The second-order valence-electron chi connectivity index (χ2n) is 3.66. The van der Waals surface area contributed by atoms with Crippen LogP contribution in [-0.2, 0) is 0 Å². The third-order valence-electron chi connectivity index (χ3n) is 2.51. The largest absolute Gasteiger partial charge is 0.512 e. The van der Waals surface area contributed by atoms with Gasteiger partial charge in [-0.15, -0.1) is 0 Å². The first-order chi connectivity index (χ1) is 7.24. The smallest absolute Gasteiger partial charge is 0.0991 e. The van der Waals surface area contributed by atoms with Gasteiger partial charge in [-0.2, -0.15) is 0 Å². The number of aliphatic hydroxyl groups excluding tert-OH is 1. The Balaban J connectivity index is 3.02. The van der Waals surface area contributed by atoms with Gasteiger partial charge in [-0.05, 0) is 19.4 Å². The van der Waals surface area contributed by atoms with Crippen molar-refractivity contribution in [1.29, 1.82) is 0 Å². The predicted molar refractivity (Wildman–Crippen MR) is 64.0 cm³/mol.